The van der Waals surface area contributed by atoms with Gasteiger partial charge in [-0.05, 0) is 0 Å². The van der Waals surface area contributed by atoms with E-state index in [1.807, 2.05) is 0 Å². The Hall–Kier alpha value is 1.36. The van der Waals surface area contributed by atoms with Crippen molar-refractivity contribution >= 4 is 6.79 Å². The Kier molecular flexibility index (Phi) is 359. The summed E-state index contributed by atoms with van der Waals surface area (Å²) in [5.41, 5.74) is 0. The van der Waals surface area contributed by atoms with Crippen molar-refractivity contribution in [3.8, 4) is 0 Å². The van der Waals surface area contributed by atoms with Crippen LogP contribution in [0.5, 0.6) is 0 Å². The Labute approximate surface area is 55.1 Å². The molecule has 0 aromatic carbocycles. The third-order valence-electron chi connectivity index (χ3n) is 0. The molecule has 0 spiro atoms. The van der Waals surface area contributed by atoms with Crippen molar-refractivity contribution in [2.24, 2.45) is 0 Å². The molecular formula is H6ClLaO3. The summed E-state index contributed by atoms with van der Waals surface area (Å²) in [6, 6.07) is 0. The van der Waals surface area contributed by atoms with Gasteiger partial charge in [-0.25, -0.2) is 0 Å². The summed E-state index contributed by atoms with van der Waals surface area (Å²) >= 11 is 0.639. The maximum atomic E-state index is 4.81. The average Bonchev–Trinajstić information content (AvgIpc) is 1.00. The summed E-state index contributed by atoms with van der Waals surface area (Å²) in [4.78, 5) is 0. The molecule has 5 heavy (non-hydrogen) atoms. The summed E-state index contributed by atoms with van der Waals surface area (Å²) in [7, 11) is 0. The minimum absolute atomic E-state index is 0. The van der Waals surface area contributed by atoms with Crippen molar-refractivity contribution < 1.29 is 48.7 Å². The third kappa shape index (κ3) is 32.6. The monoisotopic (exact) mass is 228 g/mol. The Balaban J connectivity index is -0.00000000167. The van der Waals surface area contributed by atoms with Crippen molar-refractivity contribution in [2.75, 3.05) is 0 Å². The van der Waals surface area contributed by atoms with Gasteiger partial charge in [0, 0.05) is 0 Å². The van der Waals surface area contributed by atoms with E-state index in [4.69, 9.17) is 6.79 Å². The second-order valence-corrected chi connectivity index (χ2v) is 0. The fourth-order valence-electron chi connectivity index (χ4n) is 0. The first kappa shape index (κ1) is 32.8. The number of hydrogen-bond donors (Lipinski definition) is 0. The van der Waals surface area contributed by atoms with Crippen molar-refractivity contribution in [2.45, 2.75) is 0 Å². The molecule has 34 valence electrons. The predicted octanol–water partition coefficient (Wildman–Crippen LogP) is -1.78. The van der Waals surface area contributed by atoms with Crippen LogP contribution in [0.3, 0.4) is 0 Å². The zero-order valence-electron chi connectivity index (χ0n) is 2.46. The molecule has 0 aromatic heterocycles. The molecule has 0 heterocycles. The van der Waals surface area contributed by atoms with E-state index in [2.05, 4.69) is 0 Å². The molecule has 0 aliphatic heterocycles. The first-order valence-electron chi connectivity index (χ1n) is 0.218. The molecule has 0 unspecified atom stereocenters. The van der Waals surface area contributed by atoms with Crippen molar-refractivity contribution in [3.63, 3.8) is 0 Å². The molecular weight excluding hydrogens is 222 g/mol. The maximum absolute atomic E-state index is 4.81. The molecule has 0 aromatic rings. The molecule has 0 atom stereocenters. The Morgan fingerprint density at radius 2 is 0.800 bits per heavy atom. The molecule has 0 aliphatic carbocycles. The van der Waals surface area contributed by atoms with Crippen LogP contribution in [-0.4, -0.2) is 16.4 Å². The summed E-state index contributed by atoms with van der Waals surface area (Å²) < 4.78 is 0. The molecule has 0 saturated heterocycles. The fraction of sp³-hybridized carbons (Fsp3) is 0. The summed E-state index contributed by atoms with van der Waals surface area (Å²) in [6.07, 6.45) is 0. The van der Waals surface area contributed by atoms with Gasteiger partial charge in [0.25, 0.3) is 0 Å². The van der Waals surface area contributed by atoms with Gasteiger partial charge in [0.15, 0.2) is 0 Å². The number of hydrogen-bond acceptors (Lipinski definition) is 0. The quantitative estimate of drug-likeness (QED) is 0.468. The van der Waals surface area contributed by atoms with E-state index >= 15 is 0 Å². The second kappa shape index (κ2) is 54.9. The van der Waals surface area contributed by atoms with Gasteiger partial charge in [0.05, 0.1) is 0 Å². The molecule has 0 fully saturated rings. The van der Waals surface area contributed by atoms with Gasteiger partial charge in [-0.15, -0.1) is 0 Å². The van der Waals surface area contributed by atoms with Crippen LogP contribution in [-0.2, 0) is 0 Å². The standard InChI is InChI=1S/ClH.La.3H2O/h1H;;3*1H2/q;+1;;;/p-1. The second-order valence-electron chi connectivity index (χ2n) is 0. The van der Waals surface area contributed by atoms with Crippen LogP contribution in [0.4, 0.5) is 0 Å². The molecule has 3 nitrogen and oxygen atoms in total. The van der Waals surface area contributed by atoms with Crippen molar-refractivity contribution in [1.82, 2.24) is 0 Å². The van der Waals surface area contributed by atoms with E-state index in [1.165, 1.54) is 0 Å². The van der Waals surface area contributed by atoms with Crippen molar-refractivity contribution in [1.29, 1.82) is 0 Å². The molecule has 0 rings (SSSR count). The normalized spacial score (nSPS) is 0.800. The molecule has 5 heteroatoms. The van der Waals surface area contributed by atoms with Gasteiger partial charge in [0.2, 0.25) is 0 Å². The molecule has 0 radical (unpaired) electrons. The minimum atomic E-state index is 0. The Morgan fingerprint density at radius 1 is 0.800 bits per heavy atom. The van der Waals surface area contributed by atoms with Gasteiger partial charge in [0.1, 0.15) is 0 Å². The topological polar surface area (TPSA) is 94.5 Å². The van der Waals surface area contributed by atoms with E-state index in [-0.39, 0.29) is 16.4 Å². The van der Waals surface area contributed by atoms with Gasteiger partial charge < -0.3 is 16.4 Å². The predicted molar refractivity (Wildman–Crippen MR) is 16.7 cm³/mol. The van der Waals surface area contributed by atoms with Gasteiger partial charge in [-0.1, -0.05) is 0 Å². The summed E-state index contributed by atoms with van der Waals surface area (Å²) in [5, 5.41) is 0. The Bertz CT molecular complexity index is 6.85. The molecule has 0 aliphatic rings. The first-order valence-corrected chi connectivity index (χ1v) is 4.77. The van der Waals surface area contributed by atoms with Crippen LogP contribution in [0, 0.1) is 32.3 Å². The van der Waals surface area contributed by atoms with E-state index in [0.29, 0.717) is 32.3 Å². The van der Waals surface area contributed by atoms with E-state index in [0.717, 1.165) is 0 Å². The fourth-order valence-corrected chi connectivity index (χ4v) is 0. The van der Waals surface area contributed by atoms with E-state index < -0.39 is 0 Å². The van der Waals surface area contributed by atoms with E-state index in [9.17, 15) is 0 Å². The molecule has 0 amide bonds. The van der Waals surface area contributed by atoms with Crippen LogP contribution in [0.1, 0.15) is 0 Å². The Morgan fingerprint density at radius 3 is 0.800 bits per heavy atom. The summed E-state index contributed by atoms with van der Waals surface area (Å²) in [6.45, 7) is 4.81. The third-order valence-corrected chi connectivity index (χ3v) is 0. The average molecular weight is 228 g/mol. The summed E-state index contributed by atoms with van der Waals surface area (Å²) in [5.74, 6) is 0. The van der Waals surface area contributed by atoms with Gasteiger partial charge >= 0.3 is 39.1 Å². The van der Waals surface area contributed by atoms with Gasteiger partial charge in [-0.2, -0.15) is 0 Å². The van der Waals surface area contributed by atoms with E-state index in [1.54, 1.807) is 0 Å². The van der Waals surface area contributed by atoms with Crippen molar-refractivity contribution in [3.05, 3.63) is 0 Å². The van der Waals surface area contributed by atoms with Gasteiger partial charge in [-0.3, -0.25) is 0 Å². The van der Waals surface area contributed by atoms with Crippen LogP contribution in [0.15, 0.2) is 0 Å². The zero-order chi connectivity index (χ0) is 2.00. The molecule has 0 saturated carbocycles. The molecule has 6 N–H and O–H groups in total. The SMILES string of the molecule is O.O.O.[Cl][La]. The number of rotatable bonds is 0. The molecule has 0 bridgehead atoms. The van der Waals surface area contributed by atoms with Crippen LogP contribution < -0.4 is 0 Å². The van der Waals surface area contributed by atoms with Crippen LogP contribution in [0.2, 0.25) is 0 Å². The van der Waals surface area contributed by atoms with Crippen LogP contribution >= 0.6 is 6.79 Å². The van der Waals surface area contributed by atoms with Crippen LogP contribution in [0.25, 0.3) is 0 Å². The first-order chi connectivity index (χ1) is 1.00. The zero-order valence-corrected chi connectivity index (χ0v) is 6.84. The number of halogens is 1.